The van der Waals surface area contributed by atoms with Crippen LogP contribution in [-0.4, -0.2) is 16.8 Å². The number of aromatic nitrogens is 2. The van der Waals surface area contributed by atoms with E-state index in [0.29, 0.717) is 6.54 Å². The summed E-state index contributed by atoms with van der Waals surface area (Å²) in [6.07, 6.45) is 0. The van der Waals surface area contributed by atoms with Crippen LogP contribution in [0.2, 0.25) is 0 Å². The third-order valence-electron chi connectivity index (χ3n) is 3.32. The summed E-state index contributed by atoms with van der Waals surface area (Å²) in [4.78, 5) is 0. The van der Waals surface area contributed by atoms with Crippen molar-refractivity contribution >= 4 is 10.9 Å². The van der Waals surface area contributed by atoms with E-state index in [1.54, 1.807) is 12.1 Å². The van der Waals surface area contributed by atoms with Crippen LogP contribution in [0, 0.1) is 5.82 Å². The lowest BCUT2D eigenvalue weighted by atomic mass is 10.2. The number of fused-ring (bicyclic) bond motifs is 1. The molecule has 3 nitrogen and oxygen atoms in total. The van der Waals surface area contributed by atoms with Gasteiger partial charge in [0.2, 0.25) is 0 Å². The Kier molecular flexibility index (Phi) is 3.48. The van der Waals surface area contributed by atoms with Crippen molar-refractivity contribution in [2.24, 2.45) is 0 Å². The fraction of sp³-hybridized carbons (Fsp3) is 0.188. The van der Waals surface area contributed by atoms with Gasteiger partial charge >= 0.3 is 0 Å². The van der Waals surface area contributed by atoms with Gasteiger partial charge in [-0.15, -0.1) is 0 Å². The summed E-state index contributed by atoms with van der Waals surface area (Å²) < 4.78 is 14.9. The Labute approximate surface area is 117 Å². The number of nitrogens with zero attached hydrogens (tertiary/aromatic N) is 2. The van der Waals surface area contributed by atoms with E-state index in [1.165, 1.54) is 12.1 Å². The SMILES string of the molecule is CNCc1nn(Cc2ccc(F)cc2)c2ccccc12. The van der Waals surface area contributed by atoms with Crippen molar-refractivity contribution in [2.75, 3.05) is 7.05 Å². The van der Waals surface area contributed by atoms with Crippen LogP contribution in [0.4, 0.5) is 4.39 Å². The minimum Gasteiger partial charge on any atom is -0.314 e. The molecule has 0 amide bonds. The predicted molar refractivity (Wildman–Crippen MR) is 78.0 cm³/mol. The second-order valence-electron chi connectivity index (χ2n) is 4.78. The van der Waals surface area contributed by atoms with Crippen molar-refractivity contribution < 1.29 is 4.39 Å². The van der Waals surface area contributed by atoms with E-state index in [2.05, 4.69) is 22.5 Å². The van der Waals surface area contributed by atoms with Gasteiger partial charge in [-0.2, -0.15) is 5.10 Å². The number of benzene rings is 2. The second kappa shape index (κ2) is 5.43. The molecule has 0 aliphatic carbocycles. The van der Waals surface area contributed by atoms with Crippen molar-refractivity contribution in [1.29, 1.82) is 0 Å². The summed E-state index contributed by atoms with van der Waals surface area (Å²) in [5.41, 5.74) is 3.17. The molecule has 4 heteroatoms. The van der Waals surface area contributed by atoms with Crippen LogP contribution in [0.1, 0.15) is 11.3 Å². The topological polar surface area (TPSA) is 29.9 Å². The smallest absolute Gasteiger partial charge is 0.123 e. The molecule has 1 N–H and O–H groups in total. The molecule has 0 atom stereocenters. The van der Waals surface area contributed by atoms with Gasteiger partial charge in [-0.1, -0.05) is 30.3 Å². The van der Waals surface area contributed by atoms with E-state index in [9.17, 15) is 4.39 Å². The Hall–Kier alpha value is -2.20. The van der Waals surface area contributed by atoms with Crippen LogP contribution >= 0.6 is 0 Å². The molecule has 0 aliphatic heterocycles. The summed E-state index contributed by atoms with van der Waals surface area (Å²) in [5.74, 6) is -0.213. The van der Waals surface area contributed by atoms with Crippen LogP contribution in [0.15, 0.2) is 48.5 Å². The van der Waals surface area contributed by atoms with Gasteiger partial charge in [-0.05, 0) is 30.8 Å². The van der Waals surface area contributed by atoms with Gasteiger partial charge in [0.1, 0.15) is 5.82 Å². The standard InChI is InChI=1S/C16H16FN3/c1-18-10-15-14-4-2-3-5-16(14)20(19-15)11-12-6-8-13(17)9-7-12/h2-9,18H,10-11H2,1H3. The van der Waals surface area contributed by atoms with Crippen molar-refractivity contribution in [2.45, 2.75) is 13.1 Å². The molecule has 102 valence electrons. The summed E-state index contributed by atoms with van der Waals surface area (Å²) in [5, 5.41) is 8.95. The fourth-order valence-electron chi connectivity index (χ4n) is 2.38. The first-order valence-corrected chi connectivity index (χ1v) is 6.61. The number of hydrogen-bond acceptors (Lipinski definition) is 2. The number of para-hydroxylation sites is 1. The molecule has 0 saturated carbocycles. The second-order valence-corrected chi connectivity index (χ2v) is 4.78. The van der Waals surface area contributed by atoms with Gasteiger partial charge in [0.15, 0.2) is 0 Å². The Morgan fingerprint density at radius 2 is 1.85 bits per heavy atom. The molecule has 0 unspecified atom stereocenters. The molecule has 0 spiro atoms. The summed E-state index contributed by atoms with van der Waals surface area (Å²) in [6, 6.07) is 14.7. The lowest BCUT2D eigenvalue weighted by Crippen LogP contribution is -2.07. The Morgan fingerprint density at radius 3 is 2.60 bits per heavy atom. The highest BCUT2D eigenvalue weighted by molar-refractivity contribution is 5.82. The number of hydrogen-bond donors (Lipinski definition) is 1. The van der Waals surface area contributed by atoms with Crippen LogP contribution in [0.3, 0.4) is 0 Å². The van der Waals surface area contributed by atoms with Crippen molar-refractivity contribution in [3.05, 3.63) is 65.6 Å². The molecule has 1 heterocycles. The monoisotopic (exact) mass is 269 g/mol. The Balaban J connectivity index is 2.00. The molecule has 0 fully saturated rings. The number of rotatable bonds is 4. The highest BCUT2D eigenvalue weighted by atomic mass is 19.1. The quantitative estimate of drug-likeness (QED) is 0.789. The van der Waals surface area contributed by atoms with Crippen LogP contribution < -0.4 is 5.32 Å². The van der Waals surface area contributed by atoms with Gasteiger partial charge in [0.05, 0.1) is 17.8 Å². The molecular formula is C16H16FN3. The molecule has 3 aromatic rings. The van der Waals surface area contributed by atoms with Gasteiger partial charge < -0.3 is 5.32 Å². The number of nitrogens with one attached hydrogen (secondary N) is 1. The van der Waals surface area contributed by atoms with Crippen LogP contribution in [0.25, 0.3) is 10.9 Å². The lowest BCUT2D eigenvalue weighted by molar-refractivity contribution is 0.624. The minimum atomic E-state index is -0.213. The zero-order valence-electron chi connectivity index (χ0n) is 11.3. The Bertz CT molecular complexity index is 716. The first-order chi connectivity index (χ1) is 9.78. The molecule has 1 aromatic heterocycles. The van der Waals surface area contributed by atoms with Gasteiger partial charge in [-0.3, -0.25) is 4.68 Å². The van der Waals surface area contributed by atoms with Gasteiger partial charge in [-0.25, -0.2) is 4.39 Å². The highest BCUT2D eigenvalue weighted by Gasteiger charge is 2.09. The molecule has 0 bridgehead atoms. The van der Waals surface area contributed by atoms with Crippen LogP contribution in [-0.2, 0) is 13.1 Å². The highest BCUT2D eigenvalue weighted by Crippen LogP contribution is 2.19. The molecule has 0 aliphatic rings. The third kappa shape index (κ3) is 2.42. The maximum atomic E-state index is 13.0. The average Bonchev–Trinajstić information content (AvgIpc) is 2.81. The maximum absolute atomic E-state index is 13.0. The van der Waals surface area contributed by atoms with E-state index >= 15 is 0 Å². The van der Waals surface area contributed by atoms with E-state index in [1.807, 2.05) is 23.9 Å². The fourth-order valence-corrected chi connectivity index (χ4v) is 2.38. The first kappa shape index (κ1) is 12.8. The first-order valence-electron chi connectivity index (χ1n) is 6.61. The zero-order chi connectivity index (χ0) is 13.9. The molecular weight excluding hydrogens is 253 g/mol. The molecule has 0 radical (unpaired) electrons. The maximum Gasteiger partial charge on any atom is 0.123 e. The largest absolute Gasteiger partial charge is 0.314 e. The normalized spacial score (nSPS) is 11.1. The van der Waals surface area contributed by atoms with E-state index in [0.717, 1.165) is 28.7 Å². The molecule has 3 rings (SSSR count). The third-order valence-corrected chi connectivity index (χ3v) is 3.32. The molecule has 20 heavy (non-hydrogen) atoms. The summed E-state index contributed by atoms with van der Waals surface area (Å²) in [6.45, 7) is 1.38. The zero-order valence-corrected chi connectivity index (χ0v) is 11.3. The summed E-state index contributed by atoms with van der Waals surface area (Å²) >= 11 is 0. The van der Waals surface area contributed by atoms with E-state index in [4.69, 9.17) is 0 Å². The van der Waals surface area contributed by atoms with Crippen molar-refractivity contribution in [3.8, 4) is 0 Å². The average molecular weight is 269 g/mol. The van der Waals surface area contributed by atoms with E-state index < -0.39 is 0 Å². The van der Waals surface area contributed by atoms with Gasteiger partial charge in [0, 0.05) is 11.9 Å². The predicted octanol–water partition coefficient (Wildman–Crippen LogP) is 2.94. The van der Waals surface area contributed by atoms with Gasteiger partial charge in [0.25, 0.3) is 0 Å². The minimum absolute atomic E-state index is 0.213. The van der Waals surface area contributed by atoms with Crippen LogP contribution in [0.5, 0.6) is 0 Å². The van der Waals surface area contributed by atoms with Crippen molar-refractivity contribution in [1.82, 2.24) is 15.1 Å². The lowest BCUT2D eigenvalue weighted by Gasteiger charge is -2.03. The summed E-state index contributed by atoms with van der Waals surface area (Å²) in [7, 11) is 1.91. The van der Waals surface area contributed by atoms with Crippen molar-refractivity contribution in [3.63, 3.8) is 0 Å². The van der Waals surface area contributed by atoms with E-state index in [-0.39, 0.29) is 5.82 Å². The molecule has 0 saturated heterocycles. The Morgan fingerprint density at radius 1 is 1.10 bits per heavy atom. The number of halogens is 1. The molecule has 2 aromatic carbocycles.